The summed E-state index contributed by atoms with van der Waals surface area (Å²) in [6.45, 7) is 8.50. The maximum atomic E-state index is 12.7. The molecule has 1 amide bonds. The lowest BCUT2D eigenvalue weighted by Crippen LogP contribution is -2.50. The molecule has 0 radical (unpaired) electrons. The van der Waals surface area contributed by atoms with Crippen LogP contribution in [0.5, 0.6) is 0 Å². The van der Waals surface area contributed by atoms with Gasteiger partial charge in [0.25, 0.3) is 0 Å². The van der Waals surface area contributed by atoms with Crippen LogP contribution in [0.15, 0.2) is 22.7 Å². The summed E-state index contributed by atoms with van der Waals surface area (Å²) in [4.78, 5) is 12.7. The average molecular weight is 353 g/mol. The number of rotatable bonds is 2. The molecule has 0 bridgehead atoms. The van der Waals surface area contributed by atoms with Gasteiger partial charge in [-0.15, -0.1) is 0 Å². The molecule has 1 aliphatic rings. The maximum absolute atomic E-state index is 12.7. The monoisotopic (exact) mass is 352 g/mol. The highest BCUT2D eigenvalue weighted by Crippen LogP contribution is 2.45. The van der Waals surface area contributed by atoms with Crippen LogP contribution in [0.25, 0.3) is 0 Å². The Morgan fingerprint density at radius 3 is 2.71 bits per heavy atom. The van der Waals surface area contributed by atoms with Gasteiger partial charge < -0.3 is 11.1 Å². The summed E-state index contributed by atoms with van der Waals surface area (Å²) in [5, 5.41) is 3.09. The molecule has 1 aromatic rings. The minimum atomic E-state index is -0.0853. The lowest BCUT2D eigenvalue weighted by atomic mass is 9.61. The van der Waals surface area contributed by atoms with Gasteiger partial charge in [-0.3, -0.25) is 4.79 Å². The van der Waals surface area contributed by atoms with Gasteiger partial charge in [-0.1, -0.05) is 32.9 Å². The molecule has 21 heavy (non-hydrogen) atoms. The predicted octanol–water partition coefficient (Wildman–Crippen LogP) is 4.10. The molecule has 1 fully saturated rings. The van der Waals surface area contributed by atoms with Crippen LogP contribution >= 0.6 is 15.9 Å². The quantitative estimate of drug-likeness (QED) is 0.841. The second-order valence-electron chi connectivity index (χ2n) is 6.83. The van der Waals surface area contributed by atoms with E-state index in [-0.39, 0.29) is 23.3 Å². The van der Waals surface area contributed by atoms with Crippen LogP contribution in [-0.4, -0.2) is 11.9 Å². The van der Waals surface area contributed by atoms with E-state index in [9.17, 15) is 4.79 Å². The topological polar surface area (TPSA) is 55.1 Å². The third-order valence-corrected chi connectivity index (χ3v) is 6.32. The van der Waals surface area contributed by atoms with Gasteiger partial charge in [0.2, 0.25) is 5.91 Å². The van der Waals surface area contributed by atoms with Crippen molar-refractivity contribution in [2.45, 2.75) is 46.6 Å². The molecule has 0 saturated heterocycles. The first kappa shape index (κ1) is 16.5. The van der Waals surface area contributed by atoms with E-state index in [1.165, 1.54) is 0 Å². The van der Waals surface area contributed by atoms with E-state index in [0.29, 0.717) is 5.92 Å². The highest BCUT2D eigenvalue weighted by atomic mass is 79.9. The second-order valence-corrected chi connectivity index (χ2v) is 7.62. The van der Waals surface area contributed by atoms with Gasteiger partial charge in [0.05, 0.1) is 5.69 Å². The van der Waals surface area contributed by atoms with Crippen LogP contribution in [-0.2, 0) is 4.79 Å². The number of aryl methyl sites for hydroxylation is 1. The molecule has 0 aromatic heterocycles. The highest BCUT2D eigenvalue weighted by molar-refractivity contribution is 9.10. The van der Waals surface area contributed by atoms with E-state index in [4.69, 9.17) is 5.73 Å². The van der Waals surface area contributed by atoms with Crippen LogP contribution in [0.3, 0.4) is 0 Å². The van der Waals surface area contributed by atoms with Crippen LogP contribution in [0, 0.1) is 24.2 Å². The van der Waals surface area contributed by atoms with Crippen molar-refractivity contribution in [1.82, 2.24) is 0 Å². The SMILES string of the molecule is Cc1cccc(NC(=O)C2CCC(N)C(C)C2(C)C)c1Br. The Morgan fingerprint density at radius 2 is 2.05 bits per heavy atom. The van der Waals surface area contributed by atoms with Crippen molar-refractivity contribution >= 4 is 27.5 Å². The zero-order valence-electron chi connectivity index (χ0n) is 13.2. The van der Waals surface area contributed by atoms with Gasteiger partial charge in [0.15, 0.2) is 0 Å². The van der Waals surface area contributed by atoms with Gasteiger partial charge in [0.1, 0.15) is 0 Å². The van der Waals surface area contributed by atoms with E-state index in [1.807, 2.05) is 25.1 Å². The average Bonchev–Trinajstić information content (AvgIpc) is 2.41. The molecule has 1 saturated carbocycles. The molecular weight excluding hydrogens is 328 g/mol. The number of halogens is 1. The van der Waals surface area contributed by atoms with Crippen molar-refractivity contribution in [2.24, 2.45) is 23.0 Å². The van der Waals surface area contributed by atoms with E-state index >= 15 is 0 Å². The molecule has 1 aliphatic carbocycles. The fraction of sp³-hybridized carbons (Fsp3) is 0.588. The highest BCUT2D eigenvalue weighted by Gasteiger charge is 2.45. The minimum Gasteiger partial charge on any atom is -0.327 e. The summed E-state index contributed by atoms with van der Waals surface area (Å²) >= 11 is 3.55. The van der Waals surface area contributed by atoms with Gasteiger partial charge >= 0.3 is 0 Å². The lowest BCUT2D eigenvalue weighted by molar-refractivity contribution is -0.127. The first-order valence-corrected chi connectivity index (χ1v) is 8.36. The standard InChI is InChI=1S/C17H25BrN2O/c1-10-6-5-7-14(15(10)18)20-16(21)12-8-9-13(19)11(2)17(12,3)4/h5-7,11-13H,8-9,19H2,1-4H3,(H,20,21). The number of hydrogen-bond acceptors (Lipinski definition) is 2. The Bertz CT molecular complexity index is 542. The van der Waals surface area contributed by atoms with Crippen molar-refractivity contribution in [1.29, 1.82) is 0 Å². The number of carbonyl (C=O) groups excluding carboxylic acids is 1. The van der Waals surface area contributed by atoms with Crippen LogP contribution in [0.4, 0.5) is 5.69 Å². The number of benzene rings is 1. The van der Waals surface area contributed by atoms with Gasteiger partial charge in [-0.25, -0.2) is 0 Å². The molecule has 116 valence electrons. The van der Waals surface area contributed by atoms with E-state index < -0.39 is 0 Å². The molecule has 3 unspecified atom stereocenters. The third kappa shape index (κ3) is 3.16. The van der Waals surface area contributed by atoms with Gasteiger partial charge in [0, 0.05) is 16.4 Å². The molecule has 0 aliphatic heterocycles. The molecule has 2 rings (SSSR count). The lowest BCUT2D eigenvalue weighted by Gasteiger charge is -2.46. The molecule has 3 nitrogen and oxygen atoms in total. The van der Waals surface area contributed by atoms with Crippen molar-refractivity contribution in [3.63, 3.8) is 0 Å². The third-order valence-electron chi connectivity index (χ3n) is 5.27. The Kier molecular flexibility index (Phi) is 4.79. The number of nitrogens with one attached hydrogen (secondary N) is 1. The van der Waals surface area contributed by atoms with Crippen LogP contribution < -0.4 is 11.1 Å². The summed E-state index contributed by atoms with van der Waals surface area (Å²) in [6, 6.07) is 6.10. The fourth-order valence-electron chi connectivity index (χ4n) is 3.28. The molecule has 3 atom stereocenters. The smallest absolute Gasteiger partial charge is 0.228 e. The number of amides is 1. The normalized spacial score (nSPS) is 28.2. The molecule has 3 N–H and O–H groups in total. The Morgan fingerprint density at radius 1 is 1.38 bits per heavy atom. The second kappa shape index (κ2) is 6.09. The maximum Gasteiger partial charge on any atom is 0.228 e. The summed E-state index contributed by atoms with van der Waals surface area (Å²) in [5.41, 5.74) is 8.05. The van der Waals surface area contributed by atoms with Gasteiger partial charge in [-0.05, 0) is 58.7 Å². The summed E-state index contributed by atoms with van der Waals surface area (Å²) in [7, 11) is 0. The first-order chi connectivity index (χ1) is 9.75. The van der Waals surface area contributed by atoms with Crippen molar-refractivity contribution in [3.8, 4) is 0 Å². The largest absolute Gasteiger partial charge is 0.327 e. The molecular formula is C17H25BrN2O. The van der Waals surface area contributed by atoms with Crippen molar-refractivity contribution < 1.29 is 4.79 Å². The van der Waals surface area contributed by atoms with E-state index in [1.54, 1.807) is 0 Å². The van der Waals surface area contributed by atoms with E-state index in [2.05, 4.69) is 42.0 Å². The predicted molar refractivity (Wildman–Crippen MR) is 91.2 cm³/mol. The van der Waals surface area contributed by atoms with Crippen molar-refractivity contribution in [3.05, 3.63) is 28.2 Å². The van der Waals surface area contributed by atoms with E-state index in [0.717, 1.165) is 28.6 Å². The number of hydrogen-bond donors (Lipinski definition) is 2. The minimum absolute atomic E-state index is 0.000266. The number of nitrogens with two attached hydrogens (primary N) is 1. The van der Waals surface area contributed by atoms with Gasteiger partial charge in [-0.2, -0.15) is 0 Å². The summed E-state index contributed by atoms with van der Waals surface area (Å²) < 4.78 is 0.955. The zero-order chi connectivity index (χ0) is 15.8. The Labute approximate surface area is 135 Å². The molecule has 0 spiro atoms. The molecule has 0 heterocycles. The summed E-state index contributed by atoms with van der Waals surface area (Å²) in [6.07, 6.45) is 1.77. The van der Waals surface area contributed by atoms with Crippen molar-refractivity contribution in [2.75, 3.05) is 5.32 Å². The Balaban J connectivity index is 2.18. The zero-order valence-corrected chi connectivity index (χ0v) is 14.8. The first-order valence-electron chi connectivity index (χ1n) is 7.56. The summed E-state index contributed by atoms with van der Waals surface area (Å²) in [5.74, 6) is 0.438. The van der Waals surface area contributed by atoms with Crippen LogP contribution in [0.2, 0.25) is 0 Å². The fourth-order valence-corrected chi connectivity index (χ4v) is 3.65. The number of carbonyl (C=O) groups is 1. The molecule has 4 heteroatoms. The number of anilines is 1. The molecule has 1 aromatic carbocycles. The Hall–Kier alpha value is -0.870. The van der Waals surface area contributed by atoms with Crippen LogP contribution in [0.1, 0.15) is 39.2 Å².